The fourth-order valence-corrected chi connectivity index (χ4v) is 3.43. The predicted octanol–water partition coefficient (Wildman–Crippen LogP) is 3.93. The van der Waals surface area contributed by atoms with Crippen LogP contribution >= 0.6 is 0 Å². The van der Waals surface area contributed by atoms with Crippen molar-refractivity contribution in [1.29, 1.82) is 0 Å². The molecule has 0 spiro atoms. The number of phenols is 1. The Morgan fingerprint density at radius 1 is 1.10 bits per heavy atom. The van der Waals surface area contributed by atoms with E-state index < -0.39 is 0 Å². The molecule has 0 aliphatic carbocycles. The van der Waals surface area contributed by atoms with Gasteiger partial charge in [-0.3, -0.25) is 9.69 Å². The van der Waals surface area contributed by atoms with Crippen LogP contribution in [0.25, 0.3) is 0 Å². The van der Waals surface area contributed by atoms with Crippen molar-refractivity contribution in [3.63, 3.8) is 0 Å². The summed E-state index contributed by atoms with van der Waals surface area (Å²) in [6.45, 7) is 7.20. The summed E-state index contributed by atoms with van der Waals surface area (Å²) in [5.74, 6) is 0.749. The zero-order valence-corrected chi connectivity index (χ0v) is 17.1. The van der Waals surface area contributed by atoms with Crippen molar-refractivity contribution in [2.75, 3.05) is 19.7 Å². The van der Waals surface area contributed by atoms with E-state index in [0.717, 1.165) is 36.5 Å². The number of amides is 1. The van der Waals surface area contributed by atoms with Gasteiger partial charge in [-0.15, -0.1) is 0 Å². The average Bonchev–Trinajstić information content (AvgIpc) is 2.75. The summed E-state index contributed by atoms with van der Waals surface area (Å²) in [5, 5.41) is 14.5. The molecule has 1 heterocycles. The van der Waals surface area contributed by atoms with Crippen LogP contribution in [0.2, 0.25) is 0 Å². The van der Waals surface area contributed by atoms with Gasteiger partial charge >= 0.3 is 0 Å². The van der Waals surface area contributed by atoms with E-state index in [4.69, 9.17) is 4.74 Å². The lowest BCUT2D eigenvalue weighted by Gasteiger charge is -2.26. The van der Waals surface area contributed by atoms with Crippen LogP contribution in [0.5, 0.6) is 11.5 Å². The number of ether oxygens (including phenoxy) is 1. The Bertz CT molecular complexity index is 856. The average molecular weight is 396 g/mol. The fraction of sp³-hybridized carbons (Fsp3) is 0.391. The molecule has 1 amide bonds. The summed E-state index contributed by atoms with van der Waals surface area (Å²) >= 11 is 0. The molecule has 6 nitrogen and oxygen atoms in total. The first-order valence-electron chi connectivity index (χ1n) is 10.2. The highest BCUT2D eigenvalue weighted by Gasteiger charge is 2.14. The molecule has 29 heavy (non-hydrogen) atoms. The van der Waals surface area contributed by atoms with Crippen molar-refractivity contribution in [2.45, 2.75) is 39.7 Å². The van der Waals surface area contributed by atoms with Crippen LogP contribution in [-0.2, 0) is 6.54 Å². The fourth-order valence-electron chi connectivity index (χ4n) is 3.43. The molecule has 154 valence electrons. The van der Waals surface area contributed by atoms with Crippen molar-refractivity contribution in [3.05, 3.63) is 59.2 Å². The van der Waals surface area contributed by atoms with Gasteiger partial charge in [-0.2, -0.15) is 5.10 Å². The Labute approximate surface area is 172 Å². The third-order valence-corrected chi connectivity index (χ3v) is 5.09. The summed E-state index contributed by atoms with van der Waals surface area (Å²) in [6.07, 6.45) is 3.69. The van der Waals surface area contributed by atoms with E-state index in [9.17, 15) is 9.90 Å². The first kappa shape index (κ1) is 20.9. The maximum Gasteiger partial charge on any atom is 0.271 e. The number of nitrogens with zero attached hydrogens (tertiary/aromatic N) is 2. The lowest BCUT2D eigenvalue weighted by atomic mass is 10.0. The molecular formula is C23H29N3O3. The summed E-state index contributed by atoms with van der Waals surface area (Å²) in [4.78, 5) is 14.7. The largest absolute Gasteiger partial charge is 0.508 e. The maximum absolute atomic E-state index is 12.3. The normalized spacial score (nSPS) is 15.2. The minimum absolute atomic E-state index is 0.278. The number of piperidine rings is 1. The molecule has 6 heteroatoms. The van der Waals surface area contributed by atoms with Crippen molar-refractivity contribution in [3.8, 4) is 11.5 Å². The highest BCUT2D eigenvalue weighted by Crippen LogP contribution is 2.22. The number of nitrogens with one attached hydrogen (secondary N) is 1. The van der Waals surface area contributed by atoms with Gasteiger partial charge in [-0.25, -0.2) is 5.43 Å². The van der Waals surface area contributed by atoms with Gasteiger partial charge in [0.05, 0.1) is 12.3 Å². The smallest absolute Gasteiger partial charge is 0.271 e. The first-order valence-corrected chi connectivity index (χ1v) is 10.2. The van der Waals surface area contributed by atoms with Gasteiger partial charge in [0.15, 0.2) is 0 Å². The number of carbonyl (C=O) groups is 1. The van der Waals surface area contributed by atoms with E-state index in [-0.39, 0.29) is 5.91 Å². The molecule has 0 saturated carbocycles. The monoisotopic (exact) mass is 395 g/mol. The van der Waals surface area contributed by atoms with Crippen molar-refractivity contribution < 1.29 is 14.6 Å². The predicted molar refractivity (Wildman–Crippen MR) is 115 cm³/mol. The number of carbonyl (C=O) groups excluding carboxylic acids is 1. The van der Waals surface area contributed by atoms with Crippen LogP contribution in [0.15, 0.2) is 47.6 Å². The number of hydrogen-bond donors (Lipinski definition) is 2. The van der Waals surface area contributed by atoms with Gasteiger partial charge < -0.3 is 9.84 Å². The van der Waals surface area contributed by atoms with Crippen molar-refractivity contribution >= 4 is 11.6 Å². The van der Waals surface area contributed by atoms with Gasteiger partial charge in [-0.1, -0.05) is 6.42 Å². The van der Waals surface area contributed by atoms with Crippen LogP contribution in [-0.4, -0.2) is 41.3 Å². The van der Waals surface area contributed by atoms with Crippen molar-refractivity contribution in [2.24, 2.45) is 5.10 Å². The van der Waals surface area contributed by atoms with Gasteiger partial charge in [0.25, 0.3) is 5.91 Å². The maximum atomic E-state index is 12.3. The standard InChI is InChI=1S/C23H29N3O3/c1-3-29-21-10-7-18(8-11-21)23(28)25-24-17(2)19-9-12-22(27)20(15-19)16-26-13-5-4-6-14-26/h7-12,15,27H,3-6,13-14,16H2,1-2H3,(H,25,28)/b24-17+. The van der Waals surface area contributed by atoms with Crippen LogP contribution < -0.4 is 10.2 Å². The molecule has 0 aromatic heterocycles. The second kappa shape index (κ2) is 10.1. The molecule has 1 saturated heterocycles. The zero-order chi connectivity index (χ0) is 20.6. The molecule has 2 N–H and O–H groups in total. The lowest BCUT2D eigenvalue weighted by molar-refractivity contribution is 0.0955. The SMILES string of the molecule is CCOc1ccc(C(=O)N/N=C(\C)c2ccc(O)c(CN3CCCCC3)c2)cc1. The Hall–Kier alpha value is -2.86. The third-order valence-electron chi connectivity index (χ3n) is 5.09. The Kier molecular flexibility index (Phi) is 7.25. The second-order valence-corrected chi connectivity index (χ2v) is 7.28. The third kappa shape index (κ3) is 5.81. The minimum Gasteiger partial charge on any atom is -0.508 e. The van der Waals surface area contributed by atoms with Crippen LogP contribution in [0, 0.1) is 0 Å². The van der Waals surface area contributed by atoms with Crippen LogP contribution in [0.3, 0.4) is 0 Å². The molecule has 1 aliphatic heterocycles. The second-order valence-electron chi connectivity index (χ2n) is 7.28. The van der Waals surface area contributed by atoms with Gasteiger partial charge in [0.2, 0.25) is 0 Å². The highest BCUT2D eigenvalue weighted by molar-refractivity contribution is 6.01. The number of hydrazone groups is 1. The zero-order valence-electron chi connectivity index (χ0n) is 17.1. The number of likely N-dealkylation sites (tertiary alicyclic amines) is 1. The van der Waals surface area contributed by atoms with Gasteiger partial charge in [0.1, 0.15) is 11.5 Å². The van der Waals surface area contributed by atoms with E-state index in [0.29, 0.717) is 23.6 Å². The molecule has 0 radical (unpaired) electrons. The first-order chi connectivity index (χ1) is 14.1. The van der Waals surface area contributed by atoms with Gasteiger partial charge in [-0.05, 0) is 87.8 Å². The number of hydrogen-bond acceptors (Lipinski definition) is 5. The molecule has 2 aromatic carbocycles. The van der Waals surface area contributed by atoms with E-state index in [1.54, 1.807) is 30.3 Å². The Morgan fingerprint density at radius 3 is 2.48 bits per heavy atom. The Balaban J connectivity index is 1.65. The molecule has 2 aromatic rings. The van der Waals surface area contributed by atoms with Crippen molar-refractivity contribution in [1.82, 2.24) is 10.3 Å². The number of aromatic hydroxyl groups is 1. The van der Waals surface area contributed by atoms with Crippen LogP contribution in [0.1, 0.15) is 54.6 Å². The molecule has 0 bridgehead atoms. The molecule has 0 unspecified atom stereocenters. The van der Waals surface area contributed by atoms with E-state index in [1.165, 1.54) is 19.3 Å². The lowest BCUT2D eigenvalue weighted by Crippen LogP contribution is -2.29. The number of benzene rings is 2. The molecule has 3 rings (SSSR count). The summed E-state index contributed by atoms with van der Waals surface area (Å²) in [5.41, 5.74) is 5.56. The minimum atomic E-state index is -0.278. The summed E-state index contributed by atoms with van der Waals surface area (Å²) in [7, 11) is 0. The highest BCUT2D eigenvalue weighted by atomic mass is 16.5. The van der Waals surface area contributed by atoms with E-state index >= 15 is 0 Å². The summed E-state index contributed by atoms with van der Waals surface area (Å²) in [6, 6.07) is 12.4. The summed E-state index contributed by atoms with van der Waals surface area (Å²) < 4.78 is 5.39. The molecule has 1 fully saturated rings. The topological polar surface area (TPSA) is 74.2 Å². The number of rotatable bonds is 7. The van der Waals surface area contributed by atoms with E-state index in [2.05, 4.69) is 15.4 Å². The number of phenolic OH excluding ortho intramolecular Hbond substituents is 1. The Morgan fingerprint density at radius 2 is 1.79 bits per heavy atom. The van der Waals surface area contributed by atoms with Crippen LogP contribution in [0.4, 0.5) is 0 Å². The quantitative estimate of drug-likeness (QED) is 0.550. The molecular weight excluding hydrogens is 366 g/mol. The molecule has 1 aliphatic rings. The molecule has 0 atom stereocenters. The van der Waals surface area contributed by atoms with Gasteiger partial charge in [0, 0.05) is 17.7 Å². The van der Waals surface area contributed by atoms with E-state index in [1.807, 2.05) is 26.0 Å².